The van der Waals surface area contributed by atoms with Crippen LogP contribution < -0.4 is 15.4 Å². The van der Waals surface area contributed by atoms with E-state index in [9.17, 15) is 9.50 Å². The number of hydrogen-bond donors (Lipinski definition) is 2. The predicted molar refractivity (Wildman–Crippen MR) is 129 cm³/mol. The maximum absolute atomic E-state index is 14.5. The van der Waals surface area contributed by atoms with E-state index in [1.165, 1.54) is 23.8 Å². The summed E-state index contributed by atoms with van der Waals surface area (Å²) in [7, 11) is 1.41. The predicted octanol–water partition coefficient (Wildman–Crippen LogP) is 2.89. The fraction of sp³-hybridized carbons (Fsp3) is 0.500. The van der Waals surface area contributed by atoms with Gasteiger partial charge in [0.05, 0.1) is 36.7 Å². The van der Waals surface area contributed by atoms with Crippen molar-refractivity contribution in [3.63, 3.8) is 0 Å². The van der Waals surface area contributed by atoms with E-state index in [1.807, 2.05) is 17.1 Å². The molecule has 35 heavy (non-hydrogen) atoms. The molecule has 1 aromatic carbocycles. The number of benzene rings is 1. The van der Waals surface area contributed by atoms with Crippen LogP contribution in [0.15, 0.2) is 24.5 Å². The van der Waals surface area contributed by atoms with Crippen molar-refractivity contribution in [1.82, 2.24) is 29.4 Å². The van der Waals surface area contributed by atoms with Crippen LogP contribution >= 0.6 is 0 Å². The van der Waals surface area contributed by atoms with E-state index >= 15 is 0 Å². The average Bonchev–Trinajstić information content (AvgIpc) is 3.47. The van der Waals surface area contributed by atoms with Crippen molar-refractivity contribution in [2.45, 2.75) is 63.1 Å². The van der Waals surface area contributed by atoms with Crippen LogP contribution in [-0.4, -0.2) is 59.8 Å². The first kappa shape index (κ1) is 22.0. The van der Waals surface area contributed by atoms with Crippen LogP contribution in [0, 0.1) is 5.82 Å². The maximum atomic E-state index is 14.5. The van der Waals surface area contributed by atoms with Gasteiger partial charge >= 0.3 is 0 Å². The molecule has 4 heterocycles. The van der Waals surface area contributed by atoms with Crippen molar-refractivity contribution in [2.75, 3.05) is 24.3 Å². The maximum Gasteiger partial charge on any atom is 0.223 e. The molecule has 2 fully saturated rings. The van der Waals surface area contributed by atoms with E-state index in [0.717, 1.165) is 44.3 Å². The SMILES string of the molecule is COc1cc2nc(N)n3nc(C4CCC(C)N(c5cnn(CC6(O)CCC6)c5)C4)nc3c2cc1F. The number of ether oxygens (including phenoxy) is 1. The van der Waals surface area contributed by atoms with E-state index in [-0.39, 0.29) is 17.6 Å². The quantitative estimate of drug-likeness (QED) is 0.448. The Labute approximate surface area is 201 Å². The van der Waals surface area contributed by atoms with Gasteiger partial charge in [0.1, 0.15) is 0 Å². The van der Waals surface area contributed by atoms with Gasteiger partial charge in [0.15, 0.2) is 23.0 Å². The average molecular weight is 481 g/mol. The lowest BCUT2D eigenvalue weighted by atomic mass is 9.80. The molecule has 184 valence electrons. The highest BCUT2D eigenvalue weighted by atomic mass is 19.1. The van der Waals surface area contributed by atoms with Crippen LogP contribution in [0.4, 0.5) is 16.0 Å². The number of aromatic nitrogens is 6. The summed E-state index contributed by atoms with van der Waals surface area (Å²) >= 11 is 0. The standard InChI is InChI=1S/C24H29FN8O2/c1-14-4-5-15(11-32(14)16-10-27-31(12-16)13-24(34)6-3-7-24)21-29-22-17-8-18(25)20(35-2)9-19(17)28-23(26)33(22)30-21/h8-10,12,14-15,34H,3-7,11,13H2,1-2H3,(H2,26,28). The van der Waals surface area contributed by atoms with Crippen LogP contribution in [0.3, 0.4) is 0 Å². The molecular weight excluding hydrogens is 451 g/mol. The molecule has 6 rings (SSSR count). The molecule has 0 bridgehead atoms. The Bertz CT molecular complexity index is 1410. The highest BCUT2D eigenvalue weighted by molar-refractivity contribution is 5.93. The molecule has 2 atom stereocenters. The molecule has 10 nitrogen and oxygen atoms in total. The van der Waals surface area contributed by atoms with Crippen LogP contribution in [0.25, 0.3) is 16.6 Å². The van der Waals surface area contributed by atoms with Crippen LogP contribution in [0.1, 0.15) is 50.8 Å². The number of piperidine rings is 1. The van der Waals surface area contributed by atoms with E-state index in [0.29, 0.717) is 35.0 Å². The number of halogens is 1. The zero-order valence-electron chi connectivity index (χ0n) is 19.9. The minimum absolute atomic E-state index is 0.0720. The highest BCUT2D eigenvalue weighted by Gasteiger charge is 2.35. The number of nitrogens with two attached hydrogens (primary N) is 1. The van der Waals surface area contributed by atoms with E-state index in [4.69, 9.17) is 15.5 Å². The summed E-state index contributed by atoms with van der Waals surface area (Å²) in [6, 6.07) is 3.23. The summed E-state index contributed by atoms with van der Waals surface area (Å²) in [6.45, 7) is 3.45. The minimum atomic E-state index is -0.625. The molecule has 0 radical (unpaired) electrons. The number of anilines is 2. The number of methoxy groups -OCH3 is 1. The van der Waals surface area contributed by atoms with Gasteiger partial charge in [-0.15, -0.1) is 5.10 Å². The zero-order chi connectivity index (χ0) is 24.3. The molecule has 0 spiro atoms. The number of fused-ring (bicyclic) bond motifs is 3. The molecule has 3 aromatic heterocycles. The Morgan fingerprint density at radius 2 is 2.09 bits per heavy atom. The number of aliphatic hydroxyl groups is 1. The largest absolute Gasteiger partial charge is 0.494 e. The molecule has 2 unspecified atom stereocenters. The van der Waals surface area contributed by atoms with Crippen molar-refractivity contribution < 1.29 is 14.2 Å². The van der Waals surface area contributed by atoms with Crippen molar-refractivity contribution in [3.8, 4) is 5.75 Å². The van der Waals surface area contributed by atoms with Crippen LogP contribution in [0.5, 0.6) is 5.75 Å². The summed E-state index contributed by atoms with van der Waals surface area (Å²) in [5.41, 5.74) is 7.56. The molecule has 4 aromatic rings. The van der Waals surface area contributed by atoms with Crippen molar-refractivity contribution in [3.05, 3.63) is 36.2 Å². The lowest BCUT2D eigenvalue weighted by molar-refractivity contribution is -0.0498. The first-order valence-electron chi connectivity index (χ1n) is 12.0. The lowest BCUT2D eigenvalue weighted by Gasteiger charge is -2.38. The number of nitrogen functional groups attached to an aromatic ring is 1. The Hall–Kier alpha value is -3.47. The lowest BCUT2D eigenvalue weighted by Crippen LogP contribution is -2.42. The summed E-state index contributed by atoms with van der Waals surface area (Å²) in [6.07, 6.45) is 8.49. The first-order chi connectivity index (χ1) is 16.8. The van der Waals surface area contributed by atoms with Crippen LogP contribution in [0.2, 0.25) is 0 Å². The topological polar surface area (TPSA) is 120 Å². The second kappa shape index (κ2) is 8.04. The molecule has 1 aliphatic carbocycles. The minimum Gasteiger partial charge on any atom is -0.494 e. The fourth-order valence-electron chi connectivity index (χ4n) is 5.29. The van der Waals surface area contributed by atoms with Gasteiger partial charge in [-0.05, 0) is 45.1 Å². The van der Waals surface area contributed by atoms with Crippen molar-refractivity contribution in [2.24, 2.45) is 0 Å². The van der Waals surface area contributed by atoms with Gasteiger partial charge in [0.2, 0.25) is 5.95 Å². The third-order valence-electron chi connectivity index (χ3n) is 7.53. The van der Waals surface area contributed by atoms with Gasteiger partial charge in [0, 0.05) is 36.2 Å². The summed E-state index contributed by atoms with van der Waals surface area (Å²) in [5.74, 6) is 0.545. The molecule has 1 aliphatic heterocycles. The number of hydrogen-bond acceptors (Lipinski definition) is 8. The molecule has 0 amide bonds. The Balaban J connectivity index is 1.30. The van der Waals surface area contributed by atoms with Crippen molar-refractivity contribution >= 4 is 28.2 Å². The van der Waals surface area contributed by atoms with Crippen molar-refractivity contribution in [1.29, 1.82) is 0 Å². The summed E-state index contributed by atoms with van der Waals surface area (Å²) in [5, 5.41) is 20.2. The molecule has 1 saturated heterocycles. The fourth-order valence-corrected chi connectivity index (χ4v) is 5.29. The van der Waals surface area contributed by atoms with Gasteiger partial charge in [-0.25, -0.2) is 14.4 Å². The molecule has 3 N–H and O–H groups in total. The van der Waals surface area contributed by atoms with Gasteiger partial charge in [-0.1, -0.05) is 0 Å². The van der Waals surface area contributed by atoms with E-state index < -0.39 is 11.4 Å². The second-order valence-corrected chi connectivity index (χ2v) is 9.93. The van der Waals surface area contributed by atoms with Crippen LogP contribution in [-0.2, 0) is 6.54 Å². The zero-order valence-corrected chi connectivity index (χ0v) is 19.9. The van der Waals surface area contributed by atoms with Gasteiger partial charge in [0.25, 0.3) is 0 Å². The van der Waals surface area contributed by atoms with Gasteiger partial charge in [-0.2, -0.15) is 9.61 Å². The normalized spacial score (nSPS) is 22.0. The Morgan fingerprint density at radius 1 is 1.26 bits per heavy atom. The Morgan fingerprint density at radius 3 is 2.83 bits per heavy atom. The first-order valence-corrected chi connectivity index (χ1v) is 12.0. The van der Waals surface area contributed by atoms with E-state index in [1.54, 1.807) is 0 Å². The molecule has 11 heteroatoms. The van der Waals surface area contributed by atoms with E-state index in [2.05, 4.69) is 27.0 Å². The third-order valence-corrected chi connectivity index (χ3v) is 7.53. The number of nitrogens with zero attached hydrogens (tertiary/aromatic N) is 7. The summed E-state index contributed by atoms with van der Waals surface area (Å²) < 4.78 is 22.9. The molecular formula is C24H29FN8O2. The van der Waals surface area contributed by atoms with Gasteiger partial charge < -0.3 is 20.5 Å². The monoisotopic (exact) mass is 480 g/mol. The Kier molecular flexibility index (Phi) is 5.06. The summed E-state index contributed by atoms with van der Waals surface area (Å²) in [4.78, 5) is 11.5. The second-order valence-electron chi connectivity index (χ2n) is 9.93. The molecule has 2 aliphatic rings. The highest BCUT2D eigenvalue weighted by Crippen LogP contribution is 2.35. The van der Waals surface area contributed by atoms with Gasteiger partial charge in [-0.3, -0.25) is 4.68 Å². The smallest absolute Gasteiger partial charge is 0.223 e. The molecule has 1 saturated carbocycles. The third kappa shape index (κ3) is 3.74. The number of rotatable bonds is 5.